The van der Waals surface area contributed by atoms with Gasteiger partial charge in [0.25, 0.3) is 5.91 Å². The van der Waals surface area contributed by atoms with Crippen molar-refractivity contribution in [1.82, 2.24) is 9.88 Å². The quantitative estimate of drug-likeness (QED) is 0.923. The summed E-state index contributed by atoms with van der Waals surface area (Å²) in [5.74, 6) is -1.43. The van der Waals surface area contributed by atoms with Crippen LogP contribution >= 0.6 is 11.3 Å². The average Bonchev–Trinajstić information content (AvgIpc) is 3.03. The number of carbonyl (C=O) groups excluding carboxylic acids is 1. The highest BCUT2D eigenvalue weighted by atomic mass is 32.1. The van der Waals surface area contributed by atoms with Gasteiger partial charge in [-0.2, -0.15) is 0 Å². The summed E-state index contributed by atoms with van der Waals surface area (Å²) >= 11 is 1.39. The Balaban J connectivity index is 1.87. The molecule has 1 aromatic heterocycles. The lowest BCUT2D eigenvalue weighted by molar-refractivity contribution is -0.147. The molecule has 1 aromatic carbocycles. The summed E-state index contributed by atoms with van der Waals surface area (Å²) in [6, 6.07) is 5.11. The van der Waals surface area contributed by atoms with Crippen molar-refractivity contribution in [3.8, 4) is 10.6 Å². The average molecular weight is 346 g/mol. The predicted octanol–water partition coefficient (Wildman–Crippen LogP) is 2.35. The number of hydrogen-bond acceptors (Lipinski definition) is 5. The fourth-order valence-corrected chi connectivity index (χ4v) is 3.63. The molecule has 7 heteroatoms. The molecule has 0 bridgehead atoms. The van der Waals surface area contributed by atoms with Gasteiger partial charge >= 0.3 is 5.97 Å². The molecule has 1 N–H and O–H groups in total. The summed E-state index contributed by atoms with van der Waals surface area (Å²) < 4.78 is 5.17. The fourth-order valence-electron chi connectivity index (χ4n) is 2.75. The van der Waals surface area contributed by atoms with Gasteiger partial charge in [-0.1, -0.05) is 23.8 Å². The molecule has 0 spiro atoms. The maximum absolute atomic E-state index is 12.6. The smallest absolute Gasteiger partial charge is 0.328 e. The number of rotatable bonds is 3. The first-order chi connectivity index (χ1) is 11.5. The largest absolute Gasteiger partial charge is 0.480 e. The van der Waals surface area contributed by atoms with Gasteiger partial charge in [0.15, 0.2) is 6.04 Å². The van der Waals surface area contributed by atoms with E-state index in [0.717, 1.165) is 16.1 Å². The molecule has 24 heavy (non-hydrogen) atoms. The van der Waals surface area contributed by atoms with Crippen LogP contribution in [0.15, 0.2) is 23.6 Å². The summed E-state index contributed by atoms with van der Waals surface area (Å²) in [6.07, 6.45) is 0. The maximum atomic E-state index is 12.6. The molecule has 1 fully saturated rings. The second-order valence-corrected chi connectivity index (χ2v) is 6.64. The molecule has 1 aliphatic rings. The van der Waals surface area contributed by atoms with Crippen molar-refractivity contribution in [2.45, 2.75) is 19.9 Å². The van der Waals surface area contributed by atoms with Crippen molar-refractivity contribution < 1.29 is 19.4 Å². The van der Waals surface area contributed by atoms with Crippen LogP contribution in [0.3, 0.4) is 0 Å². The number of carbonyl (C=O) groups is 2. The molecular formula is C17H18N2O4S. The number of hydrogen-bond donors (Lipinski definition) is 1. The number of amides is 1. The van der Waals surface area contributed by atoms with Gasteiger partial charge in [-0.3, -0.25) is 4.79 Å². The third kappa shape index (κ3) is 3.18. The van der Waals surface area contributed by atoms with Gasteiger partial charge in [-0.15, -0.1) is 11.3 Å². The molecule has 0 aliphatic carbocycles. The van der Waals surface area contributed by atoms with Crippen LogP contribution in [0.25, 0.3) is 10.6 Å². The lowest BCUT2D eigenvalue weighted by atomic mass is 10.1. The second kappa shape index (κ2) is 6.70. The number of aromatic nitrogens is 1. The monoisotopic (exact) mass is 346 g/mol. The minimum absolute atomic E-state index is 0.00907. The van der Waals surface area contributed by atoms with E-state index < -0.39 is 12.0 Å². The van der Waals surface area contributed by atoms with Crippen LogP contribution in [-0.4, -0.2) is 52.7 Å². The molecule has 0 saturated carbocycles. The van der Waals surface area contributed by atoms with Gasteiger partial charge in [0, 0.05) is 17.5 Å². The third-order valence-corrected chi connectivity index (χ3v) is 4.89. The predicted molar refractivity (Wildman–Crippen MR) is 90.3 cm³/mol. The molecule has 1 aliphatic heterocycles. The molecule has 1 amide bonds. The van der Waals surface area contributed by atoms with Crippen LogP contribution in [0.1, 0.15) is 21.6 Å². The minimum atomic E-state index is -1.06. The van der Waals surface area contributed by atoms with E-state index in [1.54, 1.807) is 5.38 Å². The highest BCUT2D eigenvalue weighted by Crippen LogP contribution is 2.28. The molecule has 6 nitrogen and oxygen atoms in total. The van der Waals surface area contributed by atoms with E-state index in [9.17, 15) is 14.7 Å². The number of morpholine rings is 1. The normalized spacial score (nSPS) is 17.8. The van der Waals surface area contributed by atoms with E-state index >= 15 is 0 Å². The van der Waals surface area contributed by atoms with Crippen LogP contribution < -0.4 is 0 Å². The Labute approximate surface area is 143 Å². The SMILES string of the molecule is Cc1ccc(-c2nc(C(=O)N3CCOC[C@@H]3C(=O)O)cs2)c(C)c1. The van der Waals surface area contributed by atoms with Crippen LogP contribution in [0.2, 0.25) is 0 Å². The number of nitrogens with zero attached hydrogens (tertiary/aromatic N) is 2. The van der Waals surface area contributed by atoms with Gasteiger partial charge in [0.1, 0.15) is 10.7 Å². The highest BCUT2D eigenvalue weighted by molar-refractivity contribution is 7.13. The van der Waals surface area contributed by atoms with E-state index in [2.05, 4.69) is 11.1 Å². The van der Waals surface area contributed by atoms with E-state index in [-0.39, 0.29) is 24.8 Å². The Bertz CT molecular complexity index is 787. The van der Waals surface area contributed by atoms with Crippen LogP contribution in [0, 0.1) is 13.8 Å². The lowest BCUT2D eigenvalue weighted by Gasteiger charge is -2.32. The van der Waals surface area contributed by atoms with Crippen molar-refractivity contribution in [2.24, 2.45) is 0 Å². The van der Waals surface area contributed by atoms with E-state index in [0.29, 0.717) is 6.61 Å². The third-order valence-electron chi connectivity index (χ3n) is 4.01. The zero-order valence-corrected chi connectivity index (χ0v) is 14.3. The van der Waals surface area contributed by atoms with Crippen LogP contribution in [0.4, 0.5) is 0 Å². The topological polar surface area (TPSA) is 79.7 Å². The summed E-state index contributed by atoms with van der Waals surface area (Å²) in [6.45, 7) is 4.64. The van der Waals surface area contributed by atoms with E-state index in [1.165, 1.54) is 21.8 Å². The molecule has 2 heterocycles. The van der Waals surface area contributed by atoms with Crippen LogP contribution in [0.5, 0.6) is 0 Å². The maximum Gasteiger partial charge on any atom is 0.328 e. The number of ether oxygens (including phenoxy) is 1. The Morgan fingerprint density at radius 3 is 2.88 bits per heavy atom. The number of aliphatic carboxylic acids is 1. The Morgan fingerprint density at radius 1 is 1.38 bits per heavy atom. The zero-order valence-electron chi connectivity index (χ0n) is 13.5. The van der Waals surface area contributed by atoms with Crippen LogP contribution in [-0.2, 0) is 9.53 Å². The summed E-state index contributed by atoms with van der Waals surface area (Å²) in [5.41, 5.74) is 3.53. The fraction of sp³-hybridized carbons (Fsp3) is 0.353. The van der Waals surface area contributed by atoms with Crippen molar-refractivity contribution >= 4 is 23.2 Å². The first-order valence-electron chi connectivity index (χ1n) is 7.62. The number of thiazole rings is 1. The number of carboxylic acids is 1. The van der Waals surface area contributed by atoms with Gasteiger partial charge < -0.3 is 14.7 Å². The number of benzene rings is 1. The van der Waals surface area contributed by atoms with E-state index in [4.69, 9.17) is 4.74 Å². The summed E-state index contributed by atoms with van der Waals surface area (Å²) in [4.78, 5) is 29.7. The second-order valence-electron chi connectivity index (χ2n) is 5.78. The van der Waals surface area contributed by atoms with Gasteiger partial charge in [0.2, 0.25) is 0 Å². The first kappa shape index (κ1) is 16.6. The molecule has 2 aromatic rings. The first-order valence-corrected chi connectivity index (χ1v) is 8.50. The standard InChI is InChI=1S/C17H18N2O4S/c1-10-3-4-12(11(2)7-10)15-18-13(9-24-15)16(20)19-5-6-23-8-14(19)17(21)22/h3-4,7,9,14H,5-6,8H2,1-2H3,(H,21,22)/t14-/m1/s1. The number of carboxylic acid groups (broad SMARTS) is 1. The van der Waals surface area contributed by atoms with Crippen molar-refractivity contribution in [3.63, 3.8) is 0 Å². The van der Waals surface area contributed by atoms with Gasteiger partial charge in [0.05, 0.1) is 13.2 Å². The molecule has 1 atom stereocenters. The van der Waals surface area contributed by atoms with Crippen molar-refractivity contribution in [1.29, 1.82) is 0 Å². The summed E-state index contributed by atoms with van der Waals surface area (Å²) in [7, 11) is 0. The highest BCUT2D eigenvalue weighted by Gasteiger charge is 2.34. The number of aryl methyl sites for hydroxylation is 2. The van der Waals surface area contributed by atoms with Crippen molar-refractivity contribution in [3.05, 3.63) is 40.4 Å². The molecule has 126 valence electrons. The Hall–Kier alpha value is -2.25. The molecule has 0 radical (unpaired) electrons. The Morgan fingerprint density at radius 2 is 2.17 bits per heavy atom. The lowest BCUT2D eigenvalue weighted by Crippen LogP contribution is -2.52. The molecular weight excluding hydrogens is 328 g/mol. The molecule has 3 rings (SSSR count). The summed E-state index contributed by atoms with van der Waals surface area (Å²) in [5, 5.41) is 11.7. The molecule has 1 saturated heterocycles. The Kier molecular flexibility index (Phi) is 4.64. The van der Waals surface area contributed by atoms with Crippen molar-refractivity contribution in [2.75, 3.05) is 19.8 Å². The molecule has 0 unspecified atom stereocenters. The zero-order chi connectivity index (χ0) is 17.3. The van der Waals surface area contributed by atoms with E-state index in [1.807, 2.05) is 26.0 Å². The minimum Gasteiger partial charge on any atom is -0.480 e. The van der Waals surface area contributed by atoms with Gasteiger partial charge in [-0.05, 0) is 19.4 Å². The van der Waals surface area contributed by atoms with Gasteiger partial charge in [-0.25, -0.2) is 9.78 Å².